The van der Waals surface area contributed by atoms with Crippen molar-refractivity contribution in [3.05, 3.63) is 59.3 Å². The first-order chi connectivity index (χ1) is 16.5. The molecule has 0 bridgehead atoms. The van der Waals surface area contributed by atoms with Crippen LogP contribution in [0, 0.1) is 6.92 Å². The van der Waals surface area contributed by atoms with E-state index in [0.29, 0.717) is 43.4 Å². The molecule has 1 aromatic heterocycles. The van der Waals surface area contributed by atoms with E-state index >= 15 is 0 Å². The summed E-state index contributed by atoms with van der Waals surface area (Å²) in [6.07, 6.45) is 0. The number of nitrogens with zero attached hydrogens (tertiary/aromatic N) is 2. The van der Waals surface area contributed by atoms with Gasteiger partial charge in [-0.1, -0.05) is 23.8 Å². The maximum atomic E-state index is 12.2. The smallest absolute Gasteiger partial charge is 0.277 e. The zero-order chi connectivity index (χ0) is 24.3. The van der Waals surface area contributed by atoms with Crippen molar-refractivity contribution >= 4 is 23.3 Å². The number of rotatable bonds is 12. The van der Waals surface area contributed by atoms with Crippen molar-refractivity contribution in [2.45, 2.75) is 20.4 Å². The molecule has 3 aromatic rings. The van der Waals surface area contributed by atoms with Crippen LogP contribution < -0.4 is 31.2 Å². The van der Waals surface area contributed by atoms with Crippen molar-refractivity contribution in [2.24, 2.45) is 0 Å². The number of nitrogen functional groups attached to an aromatic ring is 1. The van der Waals surface area contributed by atoms with Crippen molar-refractivity contribution < 1.29 is 23.7 Å². The Morgan fingerprint density at radius 1 is 1.03 bits per heavy atom. The van der Waals surface area contributed by atoms with E-state index in [1.807, 2.05) is 50.2 Å². The molecule has 2 aromatic carbocycles. The quantitative estimate of drug-likeness (QED) is 0.292. The summed E-state index contributed by atoms with van der Waals surface area (Å²) in [6.45, 7) is 5.58. The lowest BCUT2D eigenvalue weighted by Gasteiger charge is -2.14. The Hall–Kier alpha value is -4.12. The first kappa shape index (κ1) is 24.5. The Morgan fingerprint density at radius 2 is 1.82 bits per heavy atom. The topological polar surface area (TPSA) is 154 Å². The lowest BCUT2D eigenvalue weighted by molar-refractivity contribution is -0.118. The second-order valence-electron chi connectivity index (χ2n) is 7.35. The molecule has 180 valence electrons. The molecule has 0 radical (unpaired) electrons. The fourth-order valence-electron chi connectivity index (χ4n) is 2.96. The number of hydrogen-bond acceptors (Lipinski definition) is 9. The van der Waals surface area contributed by atoms with E-state index in [4.69, 9.17) is 15.2 Å². The number of ether oxygens (including phenoxy) is 2. The zero-order valence-corrected chi connectivity index (χ0v) is 19.1. The minimum absolute atomic E-state index is 0.0375. The lowest BCUT2D eigenvalue weighted by Crippen LogP contribution is -2.32. The number of aromatic nitrogens is 2. The van der Waals surface area contributed by atoms with E-state index in [9.17, 15) is 9.59 Å². The fourth-order valence-corrected chi connectivity index (χ4v) is 2.96. The summed E-state index contributed by atoms with van der Waals surface area (Å²) < 4.78 is 15.8. The van der Waals surface area contributed by atoms with Crippen LogP contribution in [0.15, 0.2) is 47.1 Å². The van der Waals surface area contributed by atoms with Gasteiger partial charge in [-0.2, -0.15) is 0 Å². The third-order valence-corrected chi connectivity index (χ3v) is 4.65. The van der Waals surface area contributed by atoms with Crippen LogP contribution in [-0.4, -0.2) is 48.4 Å². The van der Waals surface area contributed by atoms with Crippen molar-refractivity contribution in [1.82, 2.24) is 20.9 Å². The highest BCUT2D eigenvalue weighted by Gasteiger charge is 2.15. The number of nitrogens with two attached hydrogens (primary N) is 1. The maximum absolute atomic E-state index is 12.2. The number of benzene rings is 2. The largest absolute Gasteiger partial charge is 0.490 e. The van der Waals surface area contributed by atoms with Gasteiger partial charge < -0.3 is 31.2 Å². The summed E-state index contributed by atoms with van der Waals surface area (Å²) >= 11 is 0. The fraction of sp³-hybridized carbons (Fsp3) is 0.304. The molecule has 0 unspecified atom stereocenters. The van der Waals surface area contributed by atoms with Gasteiger partial charge in [-0.3, -0.25) is 9.59 Å². The number of nitrogens with one attached hydrogen (secondary N) is 3. The van der Waals surface area contributed by atoms with Crippen molar-refractivity contribution in [3.8, 4) is 11.5 Å². The van der Waals surface area contributed by atoms with Gasteiger partial charge in [0.2, 0.25) is 11.5 Å². The molecule has 3 rings (SSSR count). The molecule has 0 spiro atoms. The summed E-state index contributed by atoms with van der Waals surface area (Å²) in [4.78, 5) is 24.1. The molecule has 1 heterocycles. The van der Waals surface area contributed by atoms with Gasteiger partial charge in [0, 0.05) is 25.3 Å². The first-order valence-corrected chi connectivity index (χ1v) is 10.8. The summed E-state index contributed by atoms with van der Waals surface area (Å²) in [5.41, 5.74) is 8.23. The minimum Gasteiger partial charge on any atom is -0.490 e. The van der Waals surface area contributed by atoms with Crippen LogP contribution in [0.1, 0.15) is 28.5 Å². The van der Waals surface area contributed by atoms with E-state index in [1.165, 1.54) is 0 Å². The summed E-state index contributed by atoms with van der Waals surface area (Å²) in [6, 6.07) is 13.0. The molecular formula is C23H28N6O5. The van der Waals surface area contributed by atoms with Crippen LogP contribution >= 0.6 is 0 Å². The molecular weight excluding hydrogens is 440 g/mol. The summed E-state index contributed by atoms with van der Waals surface area (Å²) in [5.74, 6) is 0.265. The molecule has 11 nitrogen and oxygen atoms in total. The van der Waals surface area contributed by atoms with Gasteiger partial charge in [0.05, 0.1) is 6.61 Å². The molecule has 5 N–H and O–H groups in total. The van der Waals surface area contributed by atoms with Gasteiger partial charge in [0.1, 0.15) is 0 Å². The highest BCUT2D eigenvalue weighted by Crippen LogP contribution is 2.28. The maximum Gasteiger partial charge on any atom is 0.277 e. The summed E-state index contributed by atoms with van der Waals surface area (Å²) in [5, 5.41) is 15.5. The van der Waals surface area contributed by atoms with E-state index in [1.54, 1.807) is 6.07 Å². The number of anilines is 2. The Balaban J connectivity index is 1.45. The molecule has 0 aliphatic rings. The molecule has 0 saturated carbocycles. The Labute approximate surface area is 197 Å². The second-order valence-corrected chi connectivity index (χ2v) is 7.35. The molecule has 34 heavy (non-hydrogen) atoms. The predicted octanol–water partition coefficient (Wildman–Crippen LogP) is 1.90. The van der Waals surface area contributed by atoms with Crippen LogP contribution in [0.2, 0.25) is 0 Å². The lowest BCUT2D eigenvalue weighted by atomic mass is 10.2. The van der Waals surface area contributed by atoms with Crippen molar-refractivity contribution in [3.63, 3.8) is 0 Å². The SMILES string of the molecule is CCOc1cc(CNCCNC(=O)c2nonc2N)ccc1OCC(=O)Nc1ccc(C)cc1. The van der Waals surface area contributed by atoms with Crippen LogP contribution in [0.3, 0.4) is 0 Å². The Morgan fingerprint density at radius 3 is 2.53 bits per heavy atom. The molecule has 2 amide bonds. The van der Waals surface area contributed by atoms with Crippen molar-refractivity contribution in [2.75, 3.05) is 37.4 Å². The van der Waals surface area contributed by atoms with Gasteiger partial charge in [-0.15, -0.1) is 0 Å². The second kappa shape index (κ2) is 12.2. The number of carbonyl (C=O) groups is 2. The summed E-state index contributed by atoms with van der Waals surface area (Å²) in [7, 11) is 0. The molecule has 0 fully saturated rings. The van der Waals surface area contributed by atoms with Gasteiger partial charge in [-0.25, -0.2) is 4.63 Å². The van der Waals surface area contributed by atoms with E-state index < -0.39 is 5.91 Å². The van der Waals surface area contributed by atoms with Gasteiger partial charge in [-0.05, 0) is 54.0 Å². The highest BCUT2D eigenvalue weighted by atomic mass is 16.6. The number of amides is 2. The average Bonchev–Trinajstić information content (AvgIpc) is 3.26. The standard InChI is InChI=1S/C23H28N6O5/c1-3-32-19-12-16(13-25-10-11-26-23(31)21-22(24)29-34-28-21)6-9-18(19)33-14-20(30)27-17-7-4-15(2)5-8-17/h4-9,12,25H,3,10-11,13-14H2,1-2H3,(H2,24,29)(H,26,31)(H,27,30). The molecule has 0 aliphatic carbocycles. The molecule has 0 aliphatic heterocycles. The van der Waals surface area contributed by atoms with Crippen LogP contribution in [0.4, 0.5) is 11.5 Å². The molecule has 0 atom stereocenters. The molecule has 11 heteroatoms. The van der Waals surface area contributed by atoms with Gasteiger partial charge in [0.15, 0.2) is 18.1 Å². The Bertz CT molecular complexity index is 1100. The van der Waals surface area contributed by atoms with Crippen LogP contribution in [-0.2, 0) is 11.3 Å². The number of hydrogen-bond donors (Lipinski definition) is 4. The first-order valence-electron chi connectivity index (χ1n) is 10.8. The number of aryl methyl sites for hydroxylation is 1. The van der Waals surface area contributed by atoms with Gasteiger partial charge in [0.25, 0.3) is 11.8 Å². The average molecular weight is 469 g/mol. The van der Waals surface area contributed by atoms with Crippen LogP contribution in [0.5, 0.6) is 11.5 Å². The molecule has 0 saturated heterocycles. The normalized spacial score (nSPS) is 10.5. The number of carbonyl (C=O) groups excluding carboxylic acids is 2. The predicted molar refractivity (Wildman–Crippen MR) is 126 cm³/mol. The van der Waals surface area contributed by atoms with E-state index in [2.05, 4.69) is 30.9 Å². The van der Waals surface area contributed by atoms with E-state index in [-0.39, 0.29) is 24.0 Å². The third kappa shape index (κ3) is 7.20. The minimum atomic E-state index is -0.452. The zero-order valence-electron chi connectivity index (χ0n) is 19.1. The monoisotopic (exact) mass is 468 g/mol. The van der Waals surface area contributed by atoms with Crippen LogP contribution in [0.25, 0.3) is 0 Å². The van der Waals surface area contributed by atoms with Gasteiger partial charge >= 0.3 is 0 Å². The Kier molecular flexibility index (Phi) is 8.81. The van der Waals surface area contributed by atoms with E-state index in [0.717, 1.165) is 11.1 Å². The third-order valence-electron chi connectivity index (χ3n) is 4.65. The highest BCUT2D eigenvalue weighted by molar-refractivity contribution is 5.96. The van der Waals surface area contributed by atoms with Crippen molar-refractivity contribution in [1.29, 1.82) is 0 Å².